The Morgan fingerprint density at radius 2 is 1.61 bits per heavy atom. The number of fused-ring (bicyclic) bond motifs is 1. The second-order valence-electron chi connectivity index (χ2n) is 13.0. The number of cyclic esters (lactones) is 1. The number of nitrogens with zero attached hydrogens (tertiary/aromatic N) is 1. The Hall–Kier alpha value is -3.96. The Kier molecular flexibility index (Phi) is 14.0. The molecule has 0 saturated carbocycles. The fourth-order valence-electron chi connectivity index (χ4n) is 5.86. The van der Waals surface area contributed by atoms with Crippen LogP contribution in [0.25, 0.3) is 0 Å². The third-order valence-electron chi connectivity index (χ3n) is 8.59. The number of carbonyl (C=O) groups excluding carboxylic acids is 6. The van der Waals surface area contributed by atoms with Gasteiger partial charge >= 0.3 is 5.97 Å². The van der Waals surface area contributed by atoms with Crippen LogP contribution in [0.3, 0.4) is 0 Å². The van der Waals surface area contributed by atoms with Crippen LogP contribution in [-0.2, 0) is 39.9 Å². The number of hydrogen-bond donors (Lipinski definition) is 4. The van der Waals surface area contributed by atoms with Crippen LogP contribution >= 0.6 is 0 Å². The average Bonchev–Trinajstić information content (AvgIpc) is 3.51. The topological polar surface area (TPSA) is 163 Å². The standard InChI is InChI=1S/C34H51N5O7/c1-6-7-12-22(4)28-19-29(40)35-20-30(41)39-16-11-15-27(39)33(44)37-25(17-21(2)3)32(43)36-23(5)31(42)38-26(34(45)46-28)18-24-13-9-8-10-14-24/h8-10,13-14,21-23,25-28H,6-7,11-12,15-20H2,1-5H3,(H,35,40)(H,36,43)(H,37,44)(H,38,42)/t22-,23-,25+,26-,27-,28-/m0/s1. The van der Waals surface area contributed by atoms with Gasteiger partial charge in [0.05, 0.1) is 13.0 Å². The maximum atomic E-state index is 13.7. The quantitative estimate of drug-likeness (QED) is 0.316. The lowest BCUT2D eigenvalue weighted by Gasteiger charge is -2.28. The summed E-state index contributed by atoms with van der Waals surface area (Å²) in [5.41, 5.74) is 0.784. The Morgan fingerprint density at radius 3 is 2.28 bits per heavy atom. The number of nitrogens with one attached hydrogen (secondary N) is 4. The molecule has 2 saturated heterocycles. The molecule has 6 atom stereocenters. The van der Waals surface area contributed by atoms with E-state index in [0.29, 0.717) is 32.2 Å². The van der Waals surface area contributed by atoms with Crippen molar-refractivity contribution < 1.29 is 33.5 Å². The average molecular weight is 642 g/mol. The Balaban J connectivity index is 1.94. The van der Waals surface area contributed by atoms with Gasteiger partial charge in [0, 0.05) is 13.0 Å². The highest BCUT2D eigenvalue weighted by Gasteiger charge is 2.37. The van der Waals surface area contributed by atoms with Crippen LogP contribution in [0.15, 0.2) is 30.3 Å². The summed E-state index contributed by atoms with van der Waals surface area (Å²) in [6.45, 7) is 9.32. The molecule has 1 aromatic rings. The van der Waals surface area contributed by atoms with Crippen molar-refractivity contribution in [1.29, 1.82) is 0 Å². The zero-order valence-corrected chi connectivity index (χ0v) is 27.8. The first kappa shape index (κ1) is 36.5. The Labute approximate surface area is 272 Å². The molecule has 0 spiro atoms. The molecule has 0 bridgehead atoms. The summed E-state index contributed by atoms with van der Waals surface area (Å²) < 4.78 is 5.95. The molecule has 0 unspecified atom stereocenters. The van der Waals surface area contributed by atoms with Gasteiger partial charge in [0.25, 0.3) is 0 Å². The van der Waals surface area contributed by atoms with Crippen molar-refractivity contribution in [2.24, 2.45) is 11.8 Å². The van der Waals surface area contributed by atoms with Crippen LogP contribution in [0.4, 0.5) is 0 Å². The molecule has 12 heteroatoms. The van der Waals surface area contributed by atoms with E-state index >= 15 is 0 Å². The van der Waals surface area contributed by atoms with E-state index in [9.17, 15) is 28.8 Å². The smallest absolute Gasteiger partial charge is 0.329 e. The van der Waals surface area contributed by atoms with E-state index in [4.69, 9.17) is 4.74 Å². The van der Waals surface area contributed by atoms with Gasteiger partial charge in [-0.25, -0.2) is 4.79 Å². The van der Waals surface area contributed by atoms with Crippen LogP contribution in [0, 0.1) is 11.8 Å². The summed E-state index contributed by atoms with van der Waals surface area (Å²) >= 11 is 0. The fraction of sp³-hybridized carbons (Fsp3) is 0.647. The number of rotatable bonds is 8. The summed E-state index contributed by atoms with van der Waals surface area (Å²) in [7, 11) is 0. The maximum Gasteiger partial charge on any atom is 0.329 e. The van der Waals surface area contributed by atoms with Crippen LogP contribution in [0.1, 0.15) is 85.1 Å². The van der Waals surface area contributed by atoms with Crippen LogP contribution in [0.5, 0.6) is 0 Å². The Bertz CT molecular complexity index is 1220. The molecule has 3 rings (SSSR count). The number of esters is 1. The molecule has 2 aliphatic heterocycles. The number of hydrogen-bond acceptors (Lipinski definition) is 7. The lowest BCUT2D eigenvalue weighted by Crippen LogP contribution is -2.57. The van der Waals surface area contributed by atoms with Gasteiger partial charge < -0.3 is 30.9 Å². The lowest BCUT2D eigenvalue weighted by molar-refractivity contribution is -0.157. The van der Waals surface area contributed by atoms with Crippen molar-refractivity contribution >= 4 is 35.5 Å². The minimum absolute atomic E-state index is 0.0380. The van der Waals surface area contributed by atoms with Crippen molar-refractivity contribution in [1.82, 2.24) is 26.2 Å². The highest BCUT2D eigenvalue weighted by molar-refractivity contribution is 5.95. The molecule has 5 amide bonds. The monoisotopic (exact) mass is 641 g/mol. The number of carbonyl (C=O) groups is 6. The minimum Gasteiger partial charge on any atom is -0.460 e. The van der Waals surface area contributed by atoms with Crippen molar-refractivity contribution in [3.05, 3.63) is 35.9 Å². The summed E-state index contributed by atoms with van der Waals surface area (Å²) in [5, 5.41) is 10.9. The first-order valence-corrected chi connectivity index (χ1v) is 16.6. The highest BCUT2D eigenvalue weighted by atomic mass is 16.5. The van der Waals surface area contributed by atoms with Crippen molar-refractivity contribution in [2.75, 3.05) is 13.1 Å². The van der Waals surface area contributed by atoms with Gasteiger partial charge in [-0.2, -0.15) is 0 Å². The van der Waals surface area contributed by atoms with Crippen molar-refractivity contribution in [3.63, 3.8) is 0 Å². The number of unbranched alkanes of at least 4 members (excludes halogenated alkanes) is 1. The number of benzene rings is 1. The molecule has 2 fully saturated rings. The molecule has 2 aliphatic rings. The van der Waals surface area contributed by atoms with Gasteiger partial charge in [-0.1, -0.05) is 70.9 Å². The van der Waals surface area contributed by atoms with Crippen molar-refractivity contribution in [3.8, 4) is 0 Å². The molecule has 0 aliphatic carbocycles. The van der Waals surface area contributed by atoms with Crippen molar-refractivity contribution in [2.45, 2.75) is 116 Å². The van der Waals surface area contributed by atoms with Crippen LogP contribution in [-0.4, -0.2) is 83.8 Å². The predicted molar refractivity (Wildman–Crippen MR) is 172 cm³/mol. The molecular formula is C34H51N5O7. The van der Waals surface area contributed by atoms with E-state index in [0.717, 1.165) is 18.4 Å². The van der Waals surface area contributed by atoms with Gasteiger partial charge in [0.1, 0.15) is 30.3 Å². The van der Waals surface area contributed by atoms with Gasteiger partial charge in [-0.15, -0.1) is 0 Å². The summed E-state index contributed by atoms with van der Waals surface area (Å²) in [4.78, 5) is 81.6. The highest BCUT2D eigenvalue weighted by Crippen LogP contribution is 2.21. The van der Waals surface area contributed by atoms with E-state index in [2.05, 4.69) is 21.3 Å². The molecule has 254 valence electrons. The van der Waals surface area contributed by atoms with Gasteiger partial charge in [-0.05, 0) is 50.0 Å². The second kappa shape index (κ2) is 17.7. The summed E-state index contributed by atoms with van der Waals surface area (Å²) in [5.74, 6) is -3.30. The van der Waals surface area contributed by atoms with Crippen LogP contribution < -0.4 is 21.3 Å². The van der Waals surface area contributed by atoms with E-state index in [1.54, 1.807) is 0 Å². The molecule has 1 aromatic carbocycles. The molecule has 46 heavy (non-hydrogen) atoms. The number of amides is 5. The first-order chi connectivity index (χ1) is 21.9. The van der Waals surface area contributed by atoms with E-state index in [-0.39, 0.29) is 31.2 Å². The zero-order chi connectivity index (χ0) is 33.8. The molecule has 12 nitrogen and oxygen atoms in total. The summed E-state index contributed by atoms with van der Waals surface area (Å²) in [6, 6.07) is 5.28. The zero-order valence-electron chi connectivity index (χ0n) is 27.8. The predicted octanol–water partition coefficient (Wildman–Crippen LogP) is 2.00. The lowest BCUT2D eigenvalue weighted by atomic mass is 9.95. The summed E-state index contributed by atoms with van der Waals surface area (Å²) in [6.07, 6.45) is 3.01. The second-order valence-corrected chi connectivity index (χ2v) is 13.0. The minimum atomic E-state index is -1.10. The molecule has 0 aromatic heterocycles. The van der Waals surface area contributed by atoms with E-state index in [1.165, 1.54) is 11.8 Å². The normalized spacial score (nSPS) is 26.5. The van der Waals surface area contributed by atoms with Gasteiger partial charge in [0.15, 0.2) is 0 Å². The van der Waals surface area contributed by atoms with Crippen LogP contribution in [0.2, 0.25) is 0 Å². The first-order valence-electron chi connectivity index (χ1n) is 16.6. The van der Waals surface area contributed by atoms with E-state index < -0.39 is 65.8 Å². The molecule has 0 radical (unpaired) electrons. The molecular weight excluding hydrogens is 590 g/mol. The largest absolute Gasteiger partial charge is 0.460 e. The molecule has 2 heterocycles. The third kappa shape index (κ3) is 10.8. The van der Waals surface area contributed by atoms with E-state index in [1.807, 2.05) is 58.0 Å². The fourth-order valence-corrected chi connectivity index (χ4v) is 5.86. The van der Waals surface area contributed by atoms with Gasteiger partial charge in [-0.3, -0.25) is 24.0 Å². The Morgan fingerprint density at radius 1 is 0.913 bits per heavy atom. The third-order valence-corrected chi connectivity index (χ3v) is 8.59. The maximum absolute atomic E-state index is 13.7. The molecule has 4 N–H and O–H groups in total. The SMILES string of the molecule is CCCC[C@H](C)[C@@H]1CC(=O)NCC(=O)N2CCC[C@H]2C(=O)N[C@H](CC(C)C)C(=O)N[C@@H](C)C(=O)N[C@@H](Cc2ccccc2)C(=O)O1. The number of ether oxygens (including phenoxy) is 1. The van der Waals surface area contributed by atoms with Gasteiger partial charge in [0.2, 0.25) is 29.5 Å².